The zero-order chi connectivity index (χ0) is 21.1. The maximum atomic E-state index is 14.3. The molecule has 152 valence electrons. The van der Waals surface area contributed by atoms with Crippen LogP contribution in [0.2, 0.25) is 5.02 Å². The molecule has 0 heterocycles. The van der Waals surface area contributed by atoms with Gasteiger partial charge in [0.05, 0.1) is 5.02 Å². The SMILES string of the molecule is CC(C)C[C@@H](C(=O)Nc1ccccc1)N(C)S(=O)(=O)c1cc(Br)c(Cl)cc1F. The third-order valence-corrected chi connectivity index (χ3v) is 7.19. The van der Waals surface area contributed by atoms with E-state index < -0.39 is 32.7 Å². The quantitative estimate of drug-likeness (QED) is 0.559. The Labute approximate surface area is 178 Å². The number of hydrogen-bond donors (Lipinski definition) is 1. The summed E-state index contributed by atoms with van der Waals surface area (Å²) in [6.45, 7) is 3.76. The number of amides is 1. The second-order valence-corrected chi connectivity index (χ2v) is 9.95. The Morgan fingerprint density at radius 3 is 2.43 bits per heavy atom. The van der Waals surface area contributed by atoms with Crippen LogP contribution in [0.4, 0.5) is 10.1 Å². The number of halogens is 3. The number of anilines is 1. The van der Waals surface area contributed by atoms with Crippen molar-refractivity contribution in [1.29, 1.82) is 0 Å². The van der Waals surface area contributed by atoms with E-state index in [1.807, 2.05) is 13.8 Å². The van der Waals surface area contributed by atoms with E-state index in [4.69, 9.17) is 11.6 Å². The first-order chi connectivity index (χ1) is 13.0. The molecular formula is C19H21BrClFN2O3S. The highest BCUT2D eigenvalue weighted by atomic mass is 79.9. The summed E-state index contributed by atoms with van der Waals surface area (Å²) >= 11 is 8.94. The molecule has 0 aliphatic carbocycles. The average molecular weight is 492 g/mol. The van der Waals surface area contributed by atoms with Gasteiger partial charge in [-0.3, -0.25) is 4.79 Å². The van der Waals surface area contributed by atoms with E-state index in [-0.39, 0.29) is 21.8 Å². The summed E-state index contributed by atoms with van der Waals surface area (Å²) in [6.07, 6.45) is 0.269. The van der Waals surface area contributed by atoms with Gasteiger partial charge in [-0.1, -0.05) is 43.6 Å². The number of para-hydroxylation sites is 1. The fraction of sp³-hybridized carbons (Fsp3) is 0.316. The van der Waals surface area contributed by atoms with Crippen LogP contribution in [0.1, 0.15) is 20.3 Å². The number of carbonyl (C=O) groups excluding carboxylic acids is 1. The predicted molar refractivity (Wildman–Crippen MR) is 112 cm³/mol. The van der Waals surface area contributed by atoms with Crippen molar-refractivity contribution in [3.8, 4) is 0 Å². The molecule has 0 bridgehead atoms. The highest BCUT2D eigenvalue weighted by Crippen LogP contribution is 2.30. The van der Waals surface area contributed by atoms with Gasteiger partial charge in [0.1, 0.15) is 16.8 Å². The van der Waals surface area contributed by atoms with Crippen molar-refractivity contribution >= 4 is 49.1 Å². The number of nitrogens with one attached hydrogen (secondary N) is 1. The molecule has 28 heavy (non-hydrogen) atoms. The minimum absolute atomic E-state index is 0.0333. The van der Waals surface area contributed by atoms with Gasteiger partial charge in [-0.25, -0.2) is 12.8 Å². The lowest BCUT2D eigenvalue weighted by Crippen LogP contribution is -2.46. The van der Waals surface area contributed by atoms with E-state index in [0.717, 1.165) is 16.4 Å². The molecular weight excluding hydrogens is 471 g/mol. The molecule has 0 spiro atoms. The van der Waals surface area contributed by atoms with Crippen LogP contribution in [0.3, 0.4) is 0 Å². The lowest BCUT2D eigenvalue weighted by molar-refractivity contribution is -0.120. The van der Waals surface area contributed by atoms with Gasteiger partial charge < -0.3 is 5.32 Å². The molecule has 2 aromatic rings. The molecule has 0 unspecified atom stereocenters. The standard InChI is InChI=1S/C19H21BrClFN2O3S/c1-12(2)9-17(19(25)23-13-7-5-4-6-8-13)24(3)28(26,27)18-10-14(20)15(21)11-16(18)22/h4-8,10-12,17H,9H2,1-3H3,(H,23,25)/t17-/m0/s1. The molecule has 0 saturated carbocycles. The van der Waals surface area contributed by atoms with Crippen LogP contribution in [0.25, 0.3) is 0 Å². The molecule has 2 aromatic carbocycles. The summed E-state index contributed by atoms with van der Waals surface area (Å²) in [4.78, 5) is 12.3. The van der Waals surface area contributed by atoms with Crippen molar-refractivity contribution in [1.82, 2.24) is 4.31 Å². The molecule has 0 fully saturated rings. The van der Waals surface area contributed by atoms with Crippen LogP contribution < -0.4 is 5.32 Å². The Morgan fingerprint density at radius 2 is 1.86 bits per heavy atom. The Hall–Kier alpha value is -1.48. The maximum Gasteiger partial charge on any atom is 0.246 e. The fourth-order valence-electron chi connectivity index (χ4n) is 2.64. The first kappa shape index (κ1) is 22.8. The van der Waals surface area contributed by atoms with Gasteiger partial charge in [0.2, 0.25) is 15.9 Å². The first-order valence-corrected chi connectivity index (χ1v) is 11.1. The largest absolute Gasteiger partial charge is 0.325 e. The third kappa shape index (κ3) is 5.31. The number of hydrogen-bond acceptors (Lipinski definition) is 3. The minimum atomic E-state index is -4.28. The van der Waals surface area contributed by atoms with Gasteiger partial charge in [0.25, 0.3) is 0 Å². The zero-order valence-electron chi connectivity index (χ0n) is 15.6. The van der Waals surface area contributed by atoms with E-state index in [1.54, 1.807) is 30.3 Å². The van der Waals surface area contributed by atoms with Crippen LogP contribution in [0.15, 0.2) is 51.8 Å². The second kappa shape index (κ2) is 9.35. The Balaban J connectivity index is 2.39. The average Bonchev–Trinajstić information content (AvgIpc) is 2.62. The monoisotopic (exact) mass is 490 g/mol. The number of sulfonamides is 1. The molecule has 2 rings (SSSR count). The minimum Gasteiger partial charge on any atom is -0.325 e. The lowest BCUT2D eigenvalue weighted by Gasteiger charge is -2.28. The Kier molecular flexibility index (Phi) is 7.61. The molecule has 1 N–H and O–H groups in total. The van der Waals surface area contributed by atoms with Crippen molar-refractivity contribution in [2.75, 3.05) is 12.4 Å². The van der Waals surface area contributed by atoms with Crippen molar-refractivity contribution in [2.45, 2.75) is 31.2 Å². The van der Waals surface area contributed by atoms with Crippen molar-refractivity contribution in [3.05, 3.63) is 57.8 Å². The van der Waals surface area contributed by atoms with E-state index in [2.05, 4.69) is 21.2 Å². The van der Waals surface area contributed by atoms with E-state index >= 15 is 0 Å². The molecule has 0 aliphatic rings. The summed E-state index contributed by atoms with van der Waals surface area (Å²) in [5.41, 5.74) is 0.549. The summed E-state index contributed by atoms with van der Waals surface area (Å²) < 4.78 is 41.6. The molecule has 9 heteroatoms. The molecule has 1 atom stereocenters. The number of benzene rings is 2. The Morgan fingerprint density at radius 1 is 1.25 bits per heavy atom. The summed E-state index contributed by atoms with van der Waals surface area (Å²) in [6, 6.07) is 9.74. The van der Waals surface area contributed by atoms with E-state index in [0.29, 0.717) is 5.69 Å². The van der Waals surface area contributed by atoms with Crippen molar-refractivity contribution in [2.24, 2.45) is 5.92 Å². The van der Waals surface area contributed by atoms with Crippen molar-refractivity contribution in [3.63, 3.8) is 0 Å². The van der Waals surface area contributed by atoms with Gasteiger partial charge >= 0.3 is 0 Å². The smallest absolute Gasteiger partial charge is 0.246 e. The highest BCUT2D eigenvalue weighted by molar-refractivity contribution is 9.10. The van der Waals surface area contributed by atoms with Crippen molar-refractivity contribution < 1.29 is 17.6 Å². The molecule has 1 amide bonds. The highest BCUT2D eigenvalue weighted by Gasteiger charge is 2.35. The first-order valence-electron chi connectivity index (χ1n) is 8.52. The number of rotatable bonds is 7. The molecule has 0 radical (unpaired) electrons. The van der Waals surface area contributed by atoms with Crippen LogP contribution in [-0.4, -0.2) is 31.7 Å². The van der Waals surface area contributed by atoms with Gasteiger partial charge in [-0.15, -0.1) is 0 Å². The van der Waals surface area contributed by atoms with Crippen LogP contribution in [-0.2, 0) is 14.8 Å². The normalized spacial score (nSPS) is 13.0. The molecule has 5 nitrogen and oxygen atoms in total. The molecule has 0 saturated heterocycles. The van der Waals surface area contributed by atoms with Gasteiger partial charge in [0, 0.05) is 17.2 Å². The van der Waals surface area contributed by atoms with Gasteiger partial charge in [0.15, 0.2) is 0 Å². The predicted octanol–water partition coefficient (Wildman–Crippen LogP) is 4.92. The van der Waals surface area contributed by atoms with Crippen LogP contribution in [0.5, 0.6) is 0 Å². The topological polar surface area (TPSA) is 66.5 Å². The summed E-state index contributed by atoms with van der Waals surface area (Å²) in [5.74, 6) is -1.43. The van der Waals surface area contributed by atoms with Gasteiger partial charge in [-0.05, 0) is 52.5 Å². The third-order valence-electron chi connectivity index (χ3n) is 4.11. The molecule has 0 aromatic heterocycles. The fourth-order valence-corrected chi connectivity index (χ4v) is 4.68. The van der Waals surface area contributed by atoms with Gasteiger partial charge in [-0.2, -0.15) is 4.31 Å². The van der Waals surface area contributed by atoms with Crippen LogP contribution >= 0.6 is 27.5 Å². The second-order valence-electron chi connectivity index (χ2n) is 6.72. The number of likely N-dealkylation sites (N-methyl/N-ethyl adjacent to an activating group) is 1. The number of carbonyl (C=O) groups is 1. The van der Waals surface area contributed by atoms with E-state index in [1.165, 1.54) is 7.05 Å². The summed E-state index contributed by atoms with van der Waals surface area (Å²) in [5, 5.41) is 2.77. The lowest BCUT2D eigenvalue weighted by atomic mass is 10.0. The zero-order valence-corrected chi connectivity index (χ0v) is 18.8. The maximum absolute atomic E-state index is 14.3. The van der Waals surface area contributed by atoms with Crippen LogP contribution in [0, 0.1) is 11.7 Å². The summed E-state index contributed by atoms with van der Waals surface area (Å²) in [7, 11) is -3.01. The van der Waals surface area contributed by atoms with E-state index in [9.17, 15) is 17.6 Å². The molecule has 0 aliphatic heterocycles. The number of nitrogens with zero attached hydrogens (tertiary/aromatic N) is 1. The Bertz CT molecular complexity index is 955.